The number of hydrogen-bond donors (Lipinski definition) is 2. The van der Waals surface area contributed by atoms with Gasteiger partial charge < -0.3 is 15.3 Å². The average Bonchev–Trinajstić information content (AvgIpc) is 2.91. The van der Waals surface area contributed by atoms with Gasteiger partial charge >= 0.3 is 5.97 Å². The van der Waals surface area contributed by atoms with Gasteiger partial charge in [-0.25, -0.2) is 4.79 Å². The lowest BCUT2D eigenvalue weighted by atomic mass is 9.92. The van der Waals surface area contributed by atoms with Gasteiger partial charge in [0.15, 0.2) is 0 Å². The van der Waals surface area contributed by atoms with Crippen molar-refractivity contribution in [3.63, 3.8) is 0 Å². The van der Waals surface area contributed by atoms with Gasteiger partial charge in [0.25, 0.3) is 0 Å². The third-order valence-electron chi connectivity index (χ3n) is 4.14. The van der Waals surface area contributed by atoms with Gasteiger partial charge in [0, 0.05) is 25.9 Å². The van der Waals surface area contributed by atoms with Crippen LogP contribution in [0.2, 0.25) is 0 Å². The predicted molar refractivity (Wildman–Crippen MR) is 73.2 cm³/mol. The number of hydrogen-bond acceptors (Lipinski definition) is 3. The van der Waals surface area contributed by atoms with Crippen LogP contribution in [0.5, 0.6) is 0 Å². The highest BCUT2D eigenvalue weighted by Crippen LogP contribution is 2.26. The number of rotatable bonds is 2. The molecular weight excluding hydrogens is 272 g/mol. The first kappa shape index (κ1) is 13.6. The van der Waals surface area contributed by atoms with E-state index >= 15 is 0 Å². The van der Waals surface area contributed by atoms with Crippen LogP contribution in [0.4, 0.5) is 0 Å². The summed E-state index contributed by atoms with van der Waals surface area (Å²) in [7, 11) is 0. The molecule has 1 saturated heterocycles. The molecule has 0 aromatic heterocycles. The van der Waals surface area contributed by atoms with Crippen molar-refractivity contribution >= 4 is 17.8 Å². The SMILES string of the molecule is O=C1CC(C(=O)N2Cc3ccccc3CC2C(=O)O)CN1. The Hall–Kier alpha value is -2.37. The molecule has 2 heterocycles. The first-order valence-electron chi connectivity index (χ1n) is 6.93. The summed E-state index contributed by atoms with van der Waals surface area (Å²) in [5.41, 5.74) is 1.94. The molecule has 1 fully saturated rings. The van der Waals surface area contributed by atoms with Crippen LogP contribution in [0.1, 0.15) is 17.5 Å². The molecule has 0 saturated carbocycles. The van der Waals surface area contributed by atoms with Crippen LogP contribution in [-0.2, 0) is 27.3 Å². The molecule has 2 amide bonds. The number of aliphatic carboxylic acids is 1. The second-order valence-electron chi connectivity index (χ2n) is 5.50. The highest BCUT2D eigenvalue weighted by atomic mass is 16.4. The fourth-order valence-electron chi connectivity index (χ4n) is 2.99. The molecule has 6 heteroatoms. The van der Waals surface area contributed by atoms with Gasteiger partial charge in [-0.05, 0) is 11.1 Å². The number of carboxylic acid groups (broad SMARTS) is 1. The molecule has 21 heavy (non-hydrogen) atoms. The van der Waals surface area contributed by atoms with E-state index in [0.29, 0.717) is 13.0 Å². The van der Waals surface area contributed by atoms with Gasteiger partial charge in [0.1, 0.15) is 6.04 Å². The zero-order valence-corrected chi connectivity index (χ0v) is 11.4. The molecular formula is C15H16N2O4. The van der Waals surface area contributed by atoms with Crippen molar-refractivity contribution in [3.8, 4) is 0 Å². The Morgan fingerprint density at radius 3 is 2.52 bits per heavy atom. The molecule has 0 spiro atoms. The first-order valence-corrected chi connectivity index (χ1v) is 6.93. The Balaban J connectivity index is 1.87. The number of benzene rings is 1. The van der Waals surface area contributed by atoms with Crippen molar-refractivity contribution in [1.29, 1.82) is 0 Å². The molecule has 2 unspecified atom stereocenters. The zero-order chi connectivity index (χ0) is 15.0. The molecule has 1 aromatic carbocycles. The van der Waals surface area contributed by atoms with Crippen molar-refractivity contribution in [2.75, 3.05) is 6.54 Å². The molecule has 2 atom stereocenters. The number of carbonyl (C=O) groups is 3. The monoisotopic (exact) mass is 288 g/mol. The van der Waals surface area contributed by atoms with E-state index in [9.17, 15) is 19.5 Å². The van der Waals surface area contributed by atoms with Gasteiger partial charge in [-0.15, -0.1) is 0 Å². The van der Waals surface area contributed by atoms with Gasteiger partial charge in [0.2, 0.25) is 11.8 Å². The number of nitrogens with zero attached hydrogens (tertiary/aromatic N) is 1. The van der Waals surface area contributed by atoms with E-state index < -0.39 is 17.9 Å². The lowest BCUT2D eigenvalue weighted by Gasteiger charge is -2.35. The number of nitrogens with one attached hydrogen (secondary N) is 1. The lowest BCUT2D eigenvalue weighted by Crippen LogP contribution is -2.50. The standard InChI is InChI=1S/C15H16N2O4/c18-13-6-11(7-16-13)14(19)17-8-10-4-2-1-3-9(10)5-12(17)15(20)21/h1-4,11-12H,5-8H2,(H,16,18)(H,20,21). The molecule has 110 valence electrons. The average molecular weight is 288 g/mol. The van der Waals surface area contributed by atoms with Crippen molar-refractivity contribution in [2.45, 2.75) is 25.4 Å². The van der Waals surface area contributed by atoms with E-state index in [1.165, 1.54) is 4.90 Å². The molecule has 0 bridgehead atoms. The van der Waals surface area contributed by atoms with E-state index in [-0.39, 0.29) is 24.8 Å². The summed E-state index contributed by atoms with van der Waals surface area (Å²) in [6, 6.07) is 6.69. The minimum absolute atomic E-state index is 0.142. The summed E-state index contributed by atoms with van der Waals surface area (Å²) < 4.78 is 0. The van der Waals surface area contributed by atoms with Gasteiger partial charge in [-0.1, -0.05) is 24.3 Å². The first-order chi connectivity index (χ1) is 10.1. The van der Waals surface area contributed by atoms with Crippen molar-refractivity contribution in [3.05, 3.63) is 35.4 Å². The number of carbonyl (C=O) groups excluding carboxylic acids is 2. The molecule has 6 nitrogen and oxygen atoms in total. The Kier molecular flexibility index (Phi) is 3.37. The number of fused-ring (bicyclic) bond motifs is 1. The fourth-order valence-corrected chi connectivity index (χ4v) is 2.99. The van der Waals surface area contributed by atoms with Crippen LogP contribution < -0.4 is 5.32 Å². The third kappa shape index (κ3) is 2.49. The van der Waals surface area contributed by atoms with Crippen LogP contribution in [-0.4, -0.2) is 40.4 Å². The summed E-state index contributed by atoms with van der Waals surface area (Å²) in [6.07, 6.45) is 0.453. The second-order valence-corrected chi connectivity index (χ2v) is 5.50. The molecule has 0 radical (unpaired) electrons. The smallest absolute Gasteiger partial charge is 0.326 e. The largest absolute Gasteiger partial charge is 0.480 e. The van der Waals surface area contributed by atoms with E-state index in [1.807, 2.05) is 24.3 Å². The summed E-state index contributed by atoms with van der Waals surface area (Å²) in [6.45, 7) is 0.582. The summed E-state index contributed by atoms with van der Waals surface area (Å²) in [5, 5.41) is 12.0. The van der Waals surface area contributed by atoms with Crippen LogP contribution in [0.25, 0.3) is 0 Å². The quantitative estimate of drug-likeness (QED) is 0.811. The van der Waals surface area contributed by atoms with Crippen LogP contribution in [0, 0.1) is 5.92 Å². The Morgan fingerprint density at radius 1 is 1.19 bits per heavy atom. The number of amides is 2. The zero-order valence-electron chi connectivity index (χ0n) is 11.4. The minimum atomic E-state index is -1.00. The molecule has 3 rings (SSSR count). The fraction of sp³-hybridized carbons (Fsp3) is 0.400. The van der Waals surface area contributed by atoms with E-state index in [4.69, 9.17) is 0 Å². The van der Waals surface area contributed by atoms with Crippen molar-refractivity contribution in [2.24, 2.45) is 5.92 Å². The van der Waals surface area contributed by atoms with Crippen LogP contribution in [0.3, 0.4) is 0 Å². The van der Waals surface area contributed by atoms with Crippen LogP contribution >= 0.6 is 0 Å². The minimum Gasteiger partial charge on any atom is -0.480 e. The predicted octanol–water partition coefficient (Wildman–Crippen LogP) is 0.161. The highest BCUT2D eigenvalue weighted by Gasteiger charge is 2.39. The van der Waals surface area contributed by atoms with Crippen molar-refractivity contribution in [1.82, 2.24) is 10.2 Å². The van der Waals surface area contributed by atoms with E-state index in [0.717, 1.165) is 11.1 Å². The molecule has 1 aromatic rings. The summed E-state index contributed by atoms with van der Waals surface area (Å²) in [5.74, 6) is -1.87. The van der Waals surface area contributed by atoms with Gasteiger partial charge in [0.05, 0.1) is 5.92 Å². The molecule has 2 aliphatic rings. The summed E-state index contributed by atoms with van der Waals surface area (Å²) in [4.78, 5) is 36.7. The molecule has 2 aliphatic heterocycles. The topological polar surface area (TPSA) is 86.7 Å². The Morgan fingerprint density at radius 2 is 1.90 bits per heavy atom. The maximum atomic E-state index is 12.5. The normalized spacial score (nSPS) is 24.4. The number of carboxylic acids is 1. The van der Waals surface area contributed by atoms with Crippen LogP contribution in [0.15, 0.2) is 24.3 Å². The maximum absolute atomic E-state index is 12.5. The third-order valence-corrected chi connectivity index (χ3v) is 4.14. The van der Waals surface area contributed by atoms with E-state index in [2.05, 4.69) is 5.32 Å². The van der Waals surface area contributed by atoms with E-state index in [1.54, 1.807) is 0 Å². The maximum Gasteiger partial charge on any atom is 0.326 e. The highest BCUT2D eigenvalue weighted by molar-refractivity contribution is 5.91. The second kappa shape index (κ2) is 5.20. The Bertz CT molecular complexity index is 613. The molecule has 0 aliphatic carbocycles. The van der Waals surface area contributed by atoms with Gasteiger partial charge in [-0.2, -0.15) is 0 Å². The Labute approximate surface area is 121 Å². The summed E-state index contributed by atoms with van der Waals surface area (Å²) >= 11 is 0. The lowest BCUT2D eigenvalue weighted by molar-refractivity contribution is -0.153. The van der Waals surface area contributed by atoms with Crippen molar-refractivity contribution < 1.29 is 19.5 Å². The van der Waals surface area contributed by atoms with Gasteiger partial charge in [-0.3, -0.25) is 9.59 Å². The molecule has 2 N–H and O–H groups in total.